The standard InChI is InChI=1S/C19H28N2O2/c1-4-6-11-20-19(23)17-13-21(18(22)5-2)12-16(17)15-9-7-14(3)8-10-15/h7-10,16-17H,4-6,11-13H2,1-3H3,(H,20,23). The Labute approximate surface area is 139 Å². The molecule has 2 atom stereocenters. The Morgan fingerprint density at radius 1 is 1.17 bits per heavy atom. The molecular weight excluding hydrogens is 288 g/mol. The summed E-state index contributed by atoms with van der Waals surface area (Å²) < 4.78 is 0. The Morgan fingerprint density at radius 3 is 2.48 bits per heavy atom. The van der Waals surface area contributed by atoms with Crippen molar-refractivity contribution >= 4 is 11.8 Å². The van der Waals surface area contributed by atoms with Crippen molar-refractivity contribution in [3.63, 3.8) is 0 Å². The smallest absolute Gasteiger partial charge is 0.225 e. The van der Waals surface area contributed by atoms with Crippen LogP contribution in [0.15, 0.2) is 24.3 Å². The van der Waals surface area contributed by atoms with Crippen LogP contribution in [0.3, 0.4) is 0 Å². The molecule has 1 N–H and O–H groups in total. The van der Waals surface area contributed by atoms with Crippen LogP contribution in [0.1, 0.15) is 50.2 Å². The van der Waals surface area contributed by atoms with Crippen LogP contribution in [0, 0.1) is 12.8 Å². The van der Waals surface area contributed by atoms with E-state index >= 15 is 0 Å². The van der Waals surface area contributed by atoms with Crippen LogP contribution in [-0.4, -0.2) is 36.3 Å². The molecule has 4 nitrogen and oxygen atoms in total. The van der Waals surface area contributed by atoms with Crippen molar-refractivity contribution in [3.05, 3.63) is 35.4 Å². The van der Waals surface area contributed by atoms with E-state index < -0.39 is 0 Å². The second kappa shape index (κ2) is 8.14. The number of hydrogen-bond donors (Lipinski definition) is 1. The number of hydrogen-bond acceptors (Lipinski definition) is 2. The van der Waals surface area contributed by atoms with Crippen LogP contribution in [-0.2, 0) is 9.59 Å². The molecule has 2 amide bonds. The van der Waals surface area contributed by atoms with E-state index in [9.17, 15) is 9.59 Å². The zero-order valence-corrected chi connectivity index (χ0v) is 14.5. The molecule has 1 aliphatic heterocycles. The lowest BCUT2D eigenvalue weighted by atomic mass is 9.88. The number of amides is 2. The van der Waals surface area contributed by atoms with E-state index in [4.69, 9.17) is 0 Å². The fraction of sp³-hybridized carbons (Fsp3) is 0.579. The van der Waals surface area contributed by atoms with E-state index in [1.54, 1.807) is 0 Å². The highest BCUT2D eigenvalue weighted by Crippen LogP contribution is 2.33. The van der Waals surface area contributed by atoms with Crippen LogP contribution in [0.5, 0.6) is 0 Å². The van der Waals surface area contributed by atoms with Gasteiger partial charge in [-0.05, 0) is 18.9 Å². The van der Waals surface area contributed by atoms with Crippen LogP contribution in [0.25, 0.3) is 0 Å². The summed E-state index contributed by atoms with van der Waals surface area (Å²) in [4.78, 5) is 26.5. The van der Waals surface area contributed by atoms with E-state index in [0.717, 1.165) is 18.4 Å². The molecule has 0 spiro atoms. The van der Waals surface area contributed by atoms with Gasteiger partial charge in [-0.25, -0.2) is 0 Å². The molecule has 1 aliphatic rings. The van der Waals surface area contributed by atoms with E-state index in [2.05, 4.69) is 43.4 Å². The largest absolute Gasteiger partial charge is 0.356 e. The van der Waals surface area contributed by atoms with Gasteiger partial charge in [-0.2, -0.15) is 0 Å². The van der Waals surface area contributed by atoms with Crippen LogP contribution in [0.4, 0.5) is 0 Å². The molecule has 0 aromatic heterocycles. The molecule has 0 saturated carbocycles. The minimum Gasteiger partial charge on any atom is -0.356 e. The van der Waals surface area contributed by atoms with E-state index in [-0.39, 0.29) is 23.7 Å². The number of rotatable bonds is 6. The molecule has 126 valence electrons. The fourth-order valence-electron chi connectivity index (χ4n) is 3.17. The average molecular weight is 316 g/mol. The van der Waals surface area contributed by atoms with Crippen molar-refractivity contribution in [1.82, 2.24) is 10.2 Å². The lowest BCUT2D eigenvalue weighted by Gasteiger charge is -2.18. The number of benzene rings is 1. The molecule has 23 heavy (non-hydrogen) atoms. The molecule has 2 unspecified atom stereocenters. The summed E-state index contributed by atoms with van der Waals surface area (Å²) in [6.07, 6.45) is 2.54. The third kappa shape index (κ3) is 4.34. The molecule has 1 heterocycles. The molecule has 0 radical (unpaired) electrons. The van der Waals surface area contributed by atoms with Gasteiger partial charge in [0.15, 0.2) is 0 Å². The molecule has 1 aromatic carbocycles. The molecule has 1 saturated heterocycles. The van der Waals surface area contributed by atoms with Gasteiger partial charge in [0.25, 0.3) is 0 Å². The van der Waals surface area contributed by atoms with Crippen molar-refractivity contribution in [1.29, 1.82) is 0 Å². The van der Waals surface area contributed by atoms with Crippen LogP contribution in [0.2, 0.25) is 0 Å². The first-order valence-corrected chi connectivity index (χ1v) is 8.68. The molecule has 1 aromatic rings. The molecule has 1 fully saturated rings. The Kier molecular flexibility index (Phi) is 6.20. The summed E-state index contributed by atoms with van der Waals surface area (Å²) in [5.74, 6) is 0.152. The highest BCUT2D eigenvalue weighted by atomic mass is 16.2. The van der Waals surface area contributed by atoms with E-state index in [1.165, 1.54) is 5.56 Å². The van der Waals surface area contributed by atoms with Gasteiger partial charge in [-0.15, -0.1) is 0 Å². The molecule has 2 rings (SSSR count). The fourth-order valence-corrected chi connectivity index (χ4v) is 3.17. The van der Waals surface area contributed by atoms with Crippen molar-refractivity contribution in [2.24, 2.45) is 5.92 Å². The second-order valence-electron chi connectivity index (χ2n) is 6.42. The number of carbonyl (C=O) groups is 2. The van der Waals surface area contributed by atoms with Crippen LogP contribution < -0.4 is 5.32 Å². The number of unbranched alkanes of at least 4 members (excludes halogenated alkanes) is 1. The summed E-state index contributed by atoms with van der Waals surface area (Å²) >= 11 is 0. The lowest BCUT2D eigenvalue weighted by molar-refractivity contribution is -0.130. The first-order chi connectivity index (χ1) is 11.1. The van der Waals surface area contributed by atoms with Gasteiger partial charge in [0.05, 0.1) is 5.92 Å². The Hall–Kier alpha value is -1.84. The zero-order chi connectivity index (χ0) is 16.8. The van der Waals surface area contributed by atoms with Crippen molar-refractivity contribution in [2.45, 2.75) is 46.0 Å². The number of likely N-dealkylation sites (tertiary alicyclic amines) is 1. The normalized spacial score (nSPS) is 20.6. The van der Waals surface area contributed by atoms with Crippen LogP contribution >= 0.6 is 0 Å². The maximum atomic E-state index is 12.6. The number of nitrogens with zero attached hydrogens (tertiary/aromatic N) is 1. The Morgan fingerprint density at radius 2 is 1.87 bits per heavy atom. The first-order valence-electron chi connectivity index (χ1n) is 8.68. The van der Waals surface area contributed by atoms with Crippen molar-refractivity contribution < 1.29 is 9.59 Å². The maximum Gasteiger partial charge on any atom is 0.225 e. The number of nitrogens with one attached hydrogen (secondary N) is 1. The van der Waals surface area contributed by atoms with Crippen molar-refractivity contribution in [3.8, 4) is 0 Å². The lowest BCUT2D eigenvalue weighted by Crippen LogP contribution is -2.36. The average Bonchev–Trinajstić information content (AvgIpc) is 3.00. The van der Waals surface area contributed by atoms with Gasteiger partial charge in [-0.1, -0.05) is 50.1 Å². The molecular formula is C19H28N2O2. The summed E-state index contributed by atoms with van der Waals surface area (Å²) in [6.45, 7) is 7.93. The molecule has 0 bridgehead atoms. The second-order valence-corrected chi connectivity index (χ2v) is 6.42. The number of aryl methyl sites for hydroxylation is 1. The minimum absolute atomic E-state index is 0.0791. The minimum atomic E-state index is -0.148. The molecule has 4 heteroatoms. The van der Waals surface area contributed by atoms with Gasteiger partial charge < -0.3 is 10.2 Å². The topological polar surface area (TPSA) is 49.4 Å². The summed E-state index contributed by atoms with van der Waals surface area (Å²) in [6, 6.07) is 8.33. The molecule has 0 aliphatic carbocycles. The predicted molar refractivity (Wildman–Crippen MR) is 92.2 cm³/mol. The van der Waals surface area contributed by atoms with Crippen molar-refractivity contribution in [2.75, 3.05) is 19.6 Å². The highest BCUT2D eigenvalue weighted by Gasteiger charge is 2.39. The third-order valence-corrected chi connectivity index (χ3v) is 4.65. The van der Waals surface area contributed by atoms with Gasteiger partial charge >= 0.3 is 0 Å². The first kappa shape index (κ1) is 17.5. The Balaban J connectivity index is 2.15. The summed E-state index contributed by atoms with van der Waals surface area (Å²) in [7, 11) is 0. The van der Waals surface area contributed by atoms with E-state index in [0.29, 0.717) is 26.1 Å². The maximum absolute atomic E-state index is 12.6. The predicted octanol–water partition coefficient (Wildman–Crippen LogP) is 2.86. The van der Waals surface area contributed by atoms with Gasteiger partial charge in [0.1, 0.15) is 0 Å². The van der Waals surface area contributed by atoms with Gasteiger partial charge in [0, 0.05) is 32.0 Å². The van der Waals surface area contributed by atoms with Gasteiger partial charge in [-0.3, -0.25) is 9.59 Å². The quantitative estimate of drug-likeness (QED) is 0.821. The Bertz CT molecular complexity index is 539. The van der Waals surface area contributed by atoms with E-state index in [1.807, 2.05) is 11.8 Å². The highest BCUT2D eigenvalue weighted by molar-refractivity contribution is 5.83. The zero-order valence-electron chi connectivity index (χ0n) is 14.5. The third-order valence-electron chi connectivity index (χ3n) is 4.65. The summed E-state index contributed by atoms with van der Waals surface area (Å²) in [5.41, 5.74) is 2.36. The number of carbonyl (C=O) groups excluding carboxylic acids is 2. The summed E-state index contributed by atoms with van der Waals surface area (Å²) in [5, 5.41) is 3.04. The SMILES string of the molecule is CCCCNC(=O)C1CN(C(=O)CC)CC1c1ccc(C)cc1. The monoisotopic (exact) mass is 316 g/mol. The van der Waals surface area contributed by atoms with Gasteiger partial charge in [0.2, 0.25) is 11.8 Å².